The molecule has 0 radical (unpaired) electrons. The summed E-state index contributed by atoms with van der Waals surface area (Å²) in [6.07, 6.45) is 2.13. The summed E-state index contributed by atoms with van der Waals surface area (Å²) in [5, 5.41) is 0.689. The molecule has 0 N–H and O–H groups in total. The molecule has 2 aromatic carbocycles. The highest BCUT2D eigenvalue weighted by molar-refractivity contribution is 6.30. The van der Waals surface area contributed by atoms with Crippen molar-refractivity contribution in [2.75, 3.05) is 19.8 Å². The molecule has 1 aliphatic heterocycles. The topological polar surface area (TPSA) is 38.8 Å². The molecule has 0 spiro atoms. The highest BCUT2D eigenvalue weighted by Gasteiger charge is 2.23. The highest BCUT2D eigenvalue weighted by atomic mass is 35.5. The van der Waals surface area contributed by atoms with Crippen molar-refractivity contribution < 1.29 is 14.3 Å². The molecule has 28 heavy (non-hydrogen) atoms. The standard InChI is InChI=1S/C23H28ClNO3/c1-17(2)19-7-11-21(12-8-19)28-16-23(26)25(15-22-4-3-13-27-22)14-18-5-9-20(24)10-6-18/h5-12,17,22H,3-4,13-16H2,1-2H3/t22-/m1/s1. The van der Waals surface area contributed by atoms with E-state index in [0.29, 0.717) is 29.8 Å². The van der Waals surface area contributed by atoms with E-state index in [2.05, 4.69) is 13.8 Å². The predicted octanol–water partition coefficient (Wildman–Crippen LogP) is 5.05. The van der Waals surface area contributed by atoms with Crippen molar-refractivity contribution in [2.24, 2.45) is 0 Å². The van der Waals surface area contributed by atoms with Crippen LogP contribution in [0.15, 0.2) is 48.5 Å². The van der Waals surface area contributed by atoms with Crippen LogP contribution in [0.3, 0.4) is 0 Å². The third kappa shape index (κ3) is 5.98. The first kappa shape index (κ1) is 20.7. The minimum Gasteiger partial charge on any atom is -0.484 e. The van der Waals surface area contributed by atoms with Crippen molar-refractivity contribution in [3.63, 3.8) is 0 Å². The predicted molar refractivity (Wildman–Crippen MR) is 112 cm³/mol. The first-order valence-electron chi connectivity index (χ1n) is 9.88. The maximum Gasteiger partial charge on any atom is 0.260 e. The van der Waals surface area contributed by atoms with Gasteiger partial charge in [0.05, 0.1) is 6.10 Å². The van der Waals surface area contributed by atoms with Crippen LogP contribution < -0.4 is 4.74 Å². The fraction of sp³-hybridized carbons (Fsp3) is 0.435. The summed E-state index contributed by atoms with van der Waals surface area (Å²) < 4.78 is 11.5. The molecule has 0 aliphatic carbocycles. The fourth-order valence-electron chi connectivity index (χ4n) is 3.28. The molecule has 1 amide bonds. The number of hydrogen-bond acceptors (Lipinski definition) is 3. The summed E-state index contributed by atoms with van der Waals surface area (Å²) in [6.45, 7) is 6.19. The van der Waals surface area contributed by atoms with Crippen molar-refractivity contribution in [1.29, 1.82) is 0 Å². The number of amides is 1. The molecule has 2 aromatic rings. The molecule has 1 heterocycles. The summed E-state index contributed by atoms with van der Waals surface area (Å²) in [5.41, 5.74) is 2.29. The van der Waals surface area contributed by atoms with Crippen LogP contribution >= 0.6 is 11.6 Å². The van der Waals surface area contributed by atoms with Gasteiger partial charge in [-0.15, -0.1) is 0 Å². The molecule has 1 aliphatic rings. The molecule has 0 aromatic heterocycles. The van der Waals surface area contributed by atoms with Gasteiger partial charge in [0.25, 0.3) is 5.91 Å². The van der Waals surface area contributed by atoms with Crippen LogP contribution in [0.1, 0.15) is 43.7 Å². The van der Waals surface area contributed by atoms with E-state index in [4.69, 9.17) is 21.1 Å². The second kappa shape index (κ2) is 9.94. The molecular formula is C23H28ClNO3. The van der Waals surface area contributed by atoms with Gasteiger partial charge in [-0.3, -0.25) is 4.79 Å². The maximum atomic E-state index is 12.9. The number of carbonyl (C=O) groups is 1. The first-order valence-corrected chi connectivity index (χ1v) is 10.3. The lowest BCUT2D eigenvalue weighted by Gasteiger charge is -2.25. The van der Waals surface area contributed by atoms with Crippen LogP contribution in [0.4, 0.5) is 0 Å². The van der Waals surface area contributed by atoms with E-state index in [0.717, 1.165) is 25.0 Å². The monoisotopic (exact) mass is 401 g/mol. The Hall–Kier alpha value is -2.04. The Morgan fingerprint density at radius 1 is 1.18 bits per heavy atom. The first-order chi connectivity index (χ1) is 13.5. The fourth-order valence-corrected chi connectivity index (χ4v) is 3.41. The van der Waals surface area contributed by atoms with Crippen LogP contribution in [-0.2, 0) is 16.1 Å². The van der Waals surface area contributed by atoms with Crippen LogP contribution in [-0.4, -0.2) is 36.7 Å². The minimum absolute atomic E-state index is 0.0152. The Morgan fingerprint density at radius 3 is 2.50 bits per heavy atom. The van der Waals surface area contributed by atoms with Crippen LogP contribution in [0, 0.1) is 0 Å². The van der Waals surface area contributed by atoms with Gasteiger partial charge in [-0.1, -0.05) is 49.7 Å². The lowest BCUT2D eigenvalue weighted by molar-refractivity contribution is -0.135. The lowest BCUT2D eigenvalue weighted by atomic mass is 10.0. The molecule has 4 nitrogen and oxygen atoms in total. The van der Waals surface area contributed by atoms with E-state index in [9.17, 15) is 4.79 Å². The zero-order valence-electron chi connectivity index (χ0n) is 16.6. The molecule has 0 saturated carbocycles. The maximum absolute atomic E-state index is 12.9. The molecule has 0 bridgehead atoms. The van der Waals surface area contributed by atoms with Crippen LogP contribution in [0.2, 0.25) is 5.02 Å². The Bertz CT molecular complexity index is 752. The summed E-state index contributed by atoms with van der Waals surface area (Å²) in [4.78, 5) is 14.7. The highest BCUT2D eigenvalue weighted by Crippen LogP contribution is 2.20. The van der Waals surface area contributed by atoms with Crippen molar-refractivity contribution in [3.8, 4) is 5.75 Å². The smallest absolute Gasteiger partial charge is 0.260 e. The quantitative estimate of drug-likeness (QED) is 0.621. The molecule has 1 atom stereocenters. The van der Waals surface area contributed by atoms with Gasteiger partial charge in [0, 0.05) is 24.7 Å². The van der Waals surface area contributed by atoms with E-state index in [1.807, 2.05) is 53.4 Å². The number of ether oxygens (including phenoxy) is 2. The van der Waals surface area contributed by atoms with Crippen molar-refractivity contribution in [1.82, 2.24) is 4.90 Å². The van der Waals surface area contributed by atoms with Gasteiger partial charge in [-0.05, 0) is 54.2 Å². The summed E-state index contributed by atoms with van der Waals surface area (Å²) in [7, 11) is 0. The van der Waals surface area contributed by atoms with Gasteiger partial charge in [-0.2, -0.15) is 0 Å². The second-order valence-corrected chi connectivity index (χ2v) is 7.98. The summed E-state index contributed by atoms with van der Waals surface area (Å²) in [5.74, 6) is 1.14. The Labute approximate surface area is 172 Å². The number of halogens is 1. The zero-order chi connectivity index (χ0) is 19.9. The van der Waals surface area contributed by atoms with Gasteiger partial charge in [0.2, 0.25) is 0 Å². The van der Waals surface area contributed by atoms with Gasteiger partial charge in [0.15, 0.2) is 6.61 Å². The number of carbonyl (C=O) groups excluding carboxylic acids is 1. The third-order valence-corrected chi connectivity index (χ3v) is 5.25. The van der Waals surface area contributed by atoms with E-state index < -0.39 is 0 Å². The third-order valence-electron chi connectivity index (χ3n) is 5.00. The van der Waals surface area contributed by atoms with Crippen molar-refractivity contribution >= 4 is 17.5 Å². The zero-order valence-corrected chi connectivity index (χ0v) is 17.3. The average molecular weight is 402 g/mol. The van der Waals surface area contributed by atoms with E-state index in [1.165, 1.54) is 5.56 Å². The number of hydrogen-bond donors (Lipinski definition) is 0. The number of benzene rings is 2. The van der Waals surface area contributed by atoms with Crippen molar-refractivity contribution in [2.45, 2.75) is 45.3 Å². The van der Waals surface area contributed by atoms with Crippen molar-refractivity contribution in [3.05, 3.63) is 64.7 Å². The lowest BCUT2D eigenvalue weighted by Crippen LogP contribution is -2.39. The largest absolute Gasteiger partial charge is 0.484 e. The molecule has 3 rings (SSSR count). The minimum atomic E-state index is -0.0432. The molecule has 150 valence electrons. The Balaban J connectivity index is 1.62. The molecule has 1 saturated heterocycles. The number of nitrogens with zero attached hydrogens (tertiary/aromatic N) is 1. The van der Waals surface area contributed by atoms with E-state index >= 15 is 0 Å². The molecular weight excluding hydrogens is 374 g/mol. The van der Waals surface area contributed by atoms with Gasteiger partial charge < -0.3 is 14.4 Å². The Kier molecular flexibility index (Phi) is 7.35. The van der Waals surface area contributed by atoms with Gasteiger partial charge >= 0.3 is 0 Å². The molecule has 5 heteroatoms. The van der Waals surface area contributed by atoms with E-state index in [-0.39, 0.29) is 18.6 Å². The number of rotatable bonds is 8. The van der Waals surface area contributed by atoms with Gasteiger partial charge in [-0.25, -0.2) is 0 Å². The van der Waals surface area contributed by atoms with E-state index in [1.54, 1.807) is 0 Å². The van der Waals surface area contributed by atoms with Crippen LogP contribution in [0.25, 0.3) is 0 Å². The average Bonchev–Trinajstić information content (AvgIpc) is 3.20. The molecule has 0 unspecified atom stereocenters. The Morgan fingerprint density at radius 2 is 1.89 bits per heavy atom. The van der Waals surface area contributed by atoms with Gasteiger partial charge in [0.1, 0.15) is 5.75 Å². The normalized spacial score (nSPS) is 16.4. The summed E-state index contributed by atoms with van der Waals surface area (Å²) in [6, 6.07) is 15.5. The second-order valence-electron chi connectivity index (χ2n) is 7.55. The summed E-state index contributed by atoms with van der Waals surface area (Å²) >= 11 is 5.98. The SMILES string of the molecule is CC(C)c1ccc(OCC(=O)N(Cc2ccc(Cl)cc2)C[C@H]2CCCO2)cc1. The molecule has 1 fully saturated rings. The van der Waals surface area contributed by atoms with Crippen LogP contribution in [0.5, 0.6) is 5.75 Å².